The van der Waals surface area contributed by atoms with Crippen molar-refractivity contribution >= 4 is 42.2 Å². The molecular weight excluding hydrogens is 548 g/mol. The van der Waals surface area contributed by atoms with E-state index in [1.807, 2.05) is 0 Å². The van der Waals surface area contributed by atoms with Crippen LogP contribution < -0.4 is 20.9 Å². The van der Waals surface area contributed by atoms with Gasteiger partial charge >= 0.3 is 12.2 Å². The van der Waals surface area contributed by atoms with Crippen LogP contribution in [0.1, 0.15) is 29.4 Å². The molecule has 1 aromatic carbocycles. The van der Waals surface area contributed by atoms with Crippen LogP contribution in [0.5, 0.6) is 5.75 Å². The number of anilines is 2. The highest BCUT2D eigenvalue weighted by molar-refractivity contribution is 6.00. The van der Waals surface area contributed by atoms with Gasteiger partial charge < -0.3 is 25.3 Å². The summed E-state index contributed by atoms with van der Waals surface area (Å²) in [6, 6.07) is 4.44. The molecule has 0 radical (unpaired) electrons. The number of halogens is 5. The van der Waals surface area contributed by atoms with Crippen LogP contribution in [0.3, 0.4) is 0 Å². The lowest BCUT2D eigenvalue weighted by atomic mass is 10.1. The summed E-state index contributed by atoms with van der Waals surface area (Å²) in [5, 5.41) is 5.04. The molecule has 3 N–H and O–H groups in total. The third-order valence-electron chi connectivity index (χ3n) is 5.10. The van der Waals surface area contributed by atoms with E-state index < -0.39 is 17.8 Å². The Balaban J connectivity index is 0.00000361. The number of aromatic nitrogens is 3. The molecule has 0 bridgehead atoms. The van der Waals surface area contributed by atoms with Gasteiger partial charge in [0.25, 0.3) is 5.56 Å². The van der Waals surface area contributed by atoms with Crippen molar-refractivity contribution in [3.05, 3.63) is 63.3 Å². The molecule has 14 heteroatoms. The van der Waals surface area contributed by atoms with Gasteiger partial charge in [-0.25, -0.2) is 14.8 Å². The molecule has 0 atom stereocenters. The highest BCUT2D eigenvalue weighted by atomic mass is 35.5. The predicted molar refractivity (Wildman–Crippen MR) is 145 cm³/mol. The minimum Gasteiger partial charge on any atom is -0.488 e. The molecule has 9 nitrogen and oxygen atoms in total. The number of carbonyl (C=O) groups is 1. The molecule has 0 fully saturated rings. The number of aromatic amines is 1. The van der Waals surface area contributed by atoms with Gasteiger partial charge in [-0.15, -0.1) is 24.8 Å². The zero-order valence-electron chi connectivity index (χ0n) is 21.3. The monoisotopic (exact) mass is 576 g/mol. The summed E-state index contributed by atoms with van der Waals surface area (Å²) in [4.78, 5) is 37.4. The Kier molecular flexibility index (Phi) is 11.6. The molecule has 208 valence electrons. The first-order chi connectivity index (χ1) is 16.9. The number of pyridine rings is 1. The first-order valence-electron chi connectivity index (χ1n) is 11.0. The number of rotatable bonds is 7. The maximum absolute atomic E-state index is 13.5. The Labute approximate surface area is 230 Å². The standard InChI is InChI=1S/C24H27F3N6O3.2ClH/c1-6-36-19-9-16(11-28-22(19)34)21-29-13(2)20(14(3)30-21)32-23(35)31-17-8-7-15(12-33(4)5)18(10-17)24(25,26)27;;/h7-11H,6,12H2,1-5H3,(H,28,34)(H2,31,32,35);2*1H. The number of ether oxygens (including phenoxy) is 1. The zero-order chi connectivity index (χ0) is 26.6. The smallest absolute Gasteiger partial charge is 0.416 e. The van der Waals surface area contributed by atoms with Crippen molar-refractivity contribution in [1.29, 1.82) is 0 Å². The number of amides is 2. The van der Waals surface area contributed by atoms with Crippen molar-refractivity contribution in [3.8, 4) is 17.1 Å². The lowest BCUT2D eigenvalue weighted by Crippen LogP contribution is -2.22. The van der Waals surface area contributed by atoms with Gasteiger partial charge in [0.2, 0.25) is 0 Å². The summed E-state index contributed by atoms with van der Waals surface area (Å²) in [7, 11) is 3.35. The number of hydrogen-bond acceptors (Lipinski definition) is 6. The summed E-state index contributed by atoms with van der Waals surface area (Å²) in [5.41, 5.74) is 0.566. The molecule has 2 aromatic heterocycles. The SMILES string of the molecule is CCOc1cc(-c2nc(C)c(NC(=O)Nc3ccc(CN(C)C)c(C(F)(F)F)c3)c(C)n2)c[nH]c1=O.Cl.Cl. The molecule has 3 aromatic rings. The first-order valence-corrected chi connectivity index (χ1v) is 11.0. The normalized spacial score (nSPS) is 10.9. The molecule has 3 rings (SSSR count). The van der Waals surface area contributed by atoms with Crippen molar-refractivity contribution in [2.24, 2.45) is 0 Å². The number of aryl methyl sites for hydroxylation is 2. The lowest BCUT2D eigenvalue weighted by molar-refractivity contribution is -0.138. The third-order valence-corrected chi connectivity index (χ3v) is 5.10. The Morgan fingerprint density at radius 3 is 2.26 bits per heavy atom. The summed E-state index contributed by atoms with van der Waals surface area (Å²) < 4.78 is 45.9. The van der Waals surface area contributed by atoms with E-state index in [2.05, 4.69) is 25.6 Å². The maximum Gasteiger partial charge on any atom is 0.416 e. The van der Waals surface area contributed by atoms with Gasteiger partial charge in [-0.1, -0.05) is 6.07 Å². The van der Waals surface area contributed by atoms with Crippen LogP contribution in [0.2, 0.25) is 0 Å². The Morgan fingerprint density at radius 1 is 1.08 bits per heavy atom. The molecule has 0 aliphatic carbocycles. The second kappa shape index (κ2) is 13.4. The van der Waals surface area contributed by atoms with Gasteiger partial charge in [-0.05, 0) is 58.6 Å². The molecule has 0 aliphatic rings. The van der Waals surface area contributed by atoms with Crippen LogP contribution in [0.25, 0.3) is 11.4 Å². The van der Waals surface area contributed by atoms with Crippen LogP contribution >= 0.6 is 24.8 Å². The van der Waals surface area contributed by atoms with Crippen LogP contribution in [-0.4, -0.2) is 46.6 Å². The van der Waals surface area contributed by atoms with Crippen molar-refractivity contribution in [2.45, 2.75) is 33.5 Å². The summed E-state index contributed by atoms with van der Waals surface area (Å²) in [5.74, 6) is 0.435. The number of nitrogens with zero attached hydrogens (tertiary/aromatic N) is 3. The minimum absolute atomic E-state index is 0. The molecule has 0 aliphatic heterocycles. The Bertz CT molecular complexity index is 1310. The fraction of sp³-hybridized carbons (Fsp3) is 0.333. The van der Waals surface area contributed by atoms with Gasteiger partial charge in [0.15, 0.2) is 11.6 Å². The van der Waals surface area contributed by atoms with E-state index in [1.54, 1.807) is 39.8 Å². The molecule has 0 saturated carbocycles. The zero-order valence-corrected chi connectivity index (χ0v) is 23.0. The van der Waals surface area contributed by atoms with E-state index in [0.29, 0.717) is 35.1 Å². The van der Waals surface area contributed by atoms with E-state index >= 15 is 0 Å². The van der Waals surface area contributed by atoms with Crippen LogP contribution in [0, 0.1) is 13.8 Å². The van der Waals surface area contributed by atoms with E-state index in [0.717, 1.165) is 6.07 Å². The summed E-state index contributed by atoms with van der Waals surface area (Å²) >= 11 is 0. The number of benzene rings is 1. The number of carbonyl (C=O) groups excluding carboxylic acids is 1. The van der Waals surface area contributed by atoms with Gasteiger partial charge in [0, 0.05) is 24.0 Å². The first kappa shape index (κ1) is 32.7. The van der Waals surface area contributed by atoms with Crippen molar-refractivity contribution < 1.29 is 22.7 Å². The van der Waals surface area contributed by atoms with Gasteiger partial charge in [0.1, 0.15) is 0 Å². The van der Waals surface area contributed by atoms with Gasteiger partial charge in [-0.3, -0.25) is 4.79 Å². The minimum atomic E-state index is -4.57. The molecule has 0 spiro atoms. The number of nitrogens with one attached hydrogen (secondary N) is 3. The molecule has 38 heavy (non-hydrogen) atoms. The van der Waals surface area contributed by atoms with Crippen LogP contribution in [0.15, 0.2) is 35.3 Å². The Morgan fingerprint density at radius 2 is 1.71 bits per heavy atom. The average Bonchev–Trinajstić information content (AvgIpc) is 2.77. The summed E-state index contributed by atoms with van der Waals surface area (Å²) in [6.45, 7) is 5.48. The molecular formula is C24H29Cl2F3N6O3. The van der Waals surface area contributed by atoms with E-state index in [-0.39, 0.29) is 53.9 Å². The highest BCUT2D eigenvalue weighted by Gasteiger charge is 2.33. The van der Waals surface area contributed by atoms with Crippen LogP contribution in [-0.2, 0) is 12.7 Å². The molecule has 2 heterocycles. The van der Waals surface area contributed by atoms with Crippen molar-refractivity contribution in [2.75, 3.05) is 31.3 Å². The second-order valence-corrected chi connectivity index (χ2v) is 8.29. The Hall–Kier alpha value is -3.35. The van der Waals surface area contributed by atoms with Crippen molar-refractivity contribution in [1.82, 2.24) is 19.9 Å². The maximum atomic E-state index is 13.5. The summed E-state index contributed by atoms with van der Waals surface area (Å²) in [6.07, 6.45) is -3.11. The predicted octanol–water partition coefficient (Wildman–Crippen LogP) is 5.42. The van der Waals surface area contributed by atoms with Gasteiger partial charge in [-0.2, -0.15) is 13.2 Å². The molecule has 2 amide bonds. The quantitative estimate of drug-likeness (QED) is 0.346. The fourth-order valence-corrected chi connectivity index (χ4v) is 3.55. The number of H-pyrrole nitrogens is 1. The molecule has 0 saturated heterocycles. The second-order valence-electron chi connectivity index (χ2n) is 8.29. The topological polar surface area (TPSA) is 112 Å². The lowest BCUT2D eigenvalue weighted by Gasteiger charge is -2.18. The van der Waals surface area contributed by atoms with E-state index in [1.165, 1.54) is 24.4 Å². The van der Waals surface area contributed by atoms with Gasteiger partial charge in [0.05, 0.1) is 29.2 Å². The number of hydrogen-bond donors (Lipinski definition) is 3. The van der Waals surface area contributed by atoms with Crippen LogP contribution in [0.4, 0.5) is 29.3 Å². The largest absolute Gasteiger partial charge is 0.488 e. The molecule has 0 unspecified atom stereocenters. The van der Waals surface area contributed by atoms with Crippen molar-refractivity contribution in [3.63, 3.8) is 0 Å². The third kappa shape index (κ3) is 8.07. The van der Waals surface area contributed by atoms with E-state index in [4.69, 9.17) is 4.74 Å². The number of alkyl halides is 3. The average molecular weight is 577 g/mol. The fourth-order valence-electron chi connectivity index (χ4n) is 3.55. The number of urea groups is 1. The highest BCUT2D eigenvalue weighted by Crippen LogP contribution is 2.34. The van der Waals surface area contributed by atoms with E-state index in [9.17, 15) is 22.8 Å².